The van der Waals surface area contributed by atoms with Crippen molar-refractivity contribution in [2.24, 2.45) is 5.84 Å². The minimum Gasteiger partial charge on any atom is -0.322 e. The number of nitrogen functional groups attached to an aromatic ring is 1. The zero-order valence-corrected chi connectivity index (χ0v) is 10.8. The summed E-state index contributed by atoms with van der Waals surface area (Å²) in [5.74, 6) is 3.22. The molecule has 0 heterocycles. The van der Waals surface area contributed by atoms with Gasteiger partial charge in [0.25, 0.3) is 5.91 Å². The monoisotopic (exact) mass is 297 g/mol. The summed E-state index contributed by atoms with van der Waals surface area (Å²) < 4.78 is 26.7. The van der Waals surface area contributed by atoms with Crippen molar-refractivity contribution in [3.8, 4) is 0 Å². The molecule has 0 aliphatic carbocycles. The van der Waals surface area contributed by atoms with Crippen LogP contribution in [-0.4, -0.2) is 5.91 Å². The van der Waals surface area contributed by atoms with E-state index in [0.717, 1.165) is 12.1 Å². The molecule has 1 amide bonds. The van der Waals surface area contributed by atoms with E-state index in [1.165, 1.54) is 24.3 Å². The van der Waals surface area contributed by atoms with Gasteiger partial charge in [-0.3, -0.25) is 10.6 Å². The summed E-state index contributed by atoms with van der Waals surface area (Å²) in [7, 11) is 0. The van der Waals surface area contributed by atoms with Gasteiger partial charge in [-0.1, -0.05) is 17.7 Å². The number of nitrogens with one attached hydrogen (secondary N) is 2. The molecule has 0 aromatic heterocycles. The van der Waals surface area contributed by atoms with E-state index in [4.69, 9.17) is 17.4 Å². The quantitative estimate of drug-likeness (QED) is 0.602. The van der Waals surface area contributed by atoms with Gasteiger partial charge in [0.15, 0.2) is 0 Å². The second-order valence-electron chi connectivity index (χ2n) is 3.89. The molecule has 2 aromatic rings. The highest BCUT2D eigenvalue weighted by molar-refractivity contribution is 6.30. The predicted octanol–water partition coefficient (Wildman–Crippen LogP) is 3.16. The lowest BCUT2D eigenvalue weighted by Crippen LogP contribution is -2.18. The average molecular weight is 298 g/mol. The average Bonchev–Trinajstić information content (AvgIpc) is 2.42. The van der Waals surface area contributed by atoms with Gasteiger partial charge >= 0.3 is 0 Å². The van der Waals surface area contributed by atoms with Gasteiger partial charge in [0, 0.05) is 5.69 Å². The Morgan fingerprint density at radius 3 is 2.55 bits per heavy atom. The van der Waals surface area contributed by atoms with Gasteiger partial charge < -0.3 is 10.7 Å². The maximum atomic E-state index is 13.5. The smallest absolute Gasteiger partial charge is 0.257 e. The van der Waals surface area contributed by atoms with Crippen molar-refractivity contribution in [2.45, 2.75) is 0 Å². The molecule has 7 heteroatoms. The molecule has 4 nitrogen and oxygen atoms in total. The van der Waals surface area contributed by atoms with Crippen molar-refractivity contribution >= 4 is 28.9 Å². The summed E-state index contributed by atoms with van der Waals surface area (Å²) in [4.78, 5) is 12.0. The fraction of sp³-hybridized carbons (Fsp3) is 0. The maximum Gasteiger partial charge on any atom is 0.257 e. The van der Waals surface area contributed by atoms with E-state index in [2.05, 4.69) is 10.7 Å². The number of anilines is 2. The lowest BCUT2D eigenvalue weighted by atomic mass is 10.1. The standard InChI is InChI=1S/C13H10ClF2N3O/c14-9-5-4-7(6-11(9)16)18-13(20)8-2-1-3-10(15)12(8)19-17/h1-6,19H,17H2,(H,18,20). The van der Waals surface area contributed by atoms with Gasteiger partial charge in [-0.2, -0.15) is 0 Å². The summed E-state index contributed by atoms with van der Waals surface area (Å²) in [6.45, 7) is 0. The molecule has 0 atom stereocenters. The normalized spacial score (nSPS) is 10.2. The number of carbonyl (C=O) groups is 1. The number of amides is 1. The number of benzene rings is 2. The number of carbonyl (C=O) groups excluding carboxylic acids is 1. The van der Waals surface area contributed by atoms with Crippen LogP contribution in [0.2, 0.25) is 5.02 Å². The molecule has 2 rings (SSSR count). The molecule has 0 aliphatic rings. The van der Waals surface area contributed by atoms with Crippen LogP contribution in [0.1, 0.15) is 10.4 Å². The summed E-state index contributed by atoms with van der Waals surface area (Å²) in [6.07, 6.45) is 0. The van der Waals surface area contributed by atoms with Gasteiger partial charge in [-0.25, -0.2) is 8.78 Å². The molecule has 4 N–H and O–H groups in total. The van der Waals surface area contributed by atoms with Crippen molar-refractivity contribution < 1.29 is 13.6 Å². The highest BCUT2D eigenvalue weighted by atomic mass is 35.5. The van der Waals surface area contributed by atoms with Gasteiger partial charge in [0.05, 0.1) is 16.3 Å². The van der Waals surface area contributed by atoms with Crippen molar-refractivity contribution in [1.82, 2.24) is 0 Å². The summed E-state index contributed by atoms with van der Waals surface area (Å²) >= 11 is 5.54. The lowest BCUT2D eigenvalue weighted by molar-refractivity contribution is 0.102. The number of halogens is 3. The number of hydrogen-bond donors (Lipinski definition) is 3. The Bertz CT molecular complexity index is 664. The molecule has 0 bridgehead atoms. The van der Waals surface area contributed by atoms with Crippen molar-refractivity contribution in [1.29, 1.82) is 0 Å². The van der Waals surface area contributed by atoms with Crippen LogP contribution in [0.4, 0.5) is 20.2 Å². The topological polar surface area (TPSA) is 67.1 Å². The van der Waals surface area contributed by atoms with Gasteiger partial charge in [-0.05, 0) is 30.3 Å². The zero-order chi connectivity index (χ0) is 14.7. The second kappa shape index (κ2) is 5.85. The van der Waals surface area contributed by atoms with Crippen LogP contribution in [0.3, 0.4) is 0 Å². The molecule has 0 fully saturated rings. The molecule has 0 saturated carbocycles. The third-order valence-electron chi connectivity index (χ3n) is 2.58. The van der Waals surface area contributed by atoms with E-state index >= 15 is 0 Å². The fourth-order valence-corrected chi connectivity index (χ4v) is 1.75. The molecular weight excluding hydrogens is 288 g/mol. The minimum absolute atomic E-state index is 0.00265. The SMILES string of the molecule is NNc1c(F)cccc1C(=O)Nc1ccc(Cl)c(F)c1. The molecule has 0 saturated heterocycles. The first-order chi connectivity index (χ1) is 9.52. The van der Waals surface area contributed by atoms with E-state index in [1.54, 1.807) is 0 Å². The summed E-state index contributed by atoms with van der Waals surface area (Å²) in [6, 6.07) is 7.72. The zero-order valence-electron chi connectivity index (χ0n) is 10.1. The van der Waals surface area contributed by atoms with E-state index in [0.29, 0.717) is 0 Å². The first-order valence-corrected chi connectivity index (χ1v) is 5.92. The van der Waals surface area contributed by atoms with Crippen molar-refractivity contribution in [3.63, 3.8) is 0 Å². The van der Waals surface area contributed by atoms with Crippen molar-refractivity contribution in [2.75, 3.05) is 10.7 Å². The number of rotatable bonds is 3. The first-order valence-electron chi connectivity index (χ1n) is 5.54. The Kier molecular flexibility index (Phi) is 4.16. The van der Waals surface area contributed by atoms with E-state index in [9.17, 15) is 13.6 Å². The van der Waals surface area contributed by atoms with Gasteiger partial charge in [0.2, 0.25) is 0 Å². The van der Waals surface area contributed by atoms with Gasteiger partial charge in [-0.15, -0.1) is 0 Å². The van der Waals surface area contributed by atoms with Crippen LogP contribution in [0.5, 0.6) is 0 Å². The Labute approximate surface area is 118 Å². The molecule has 2 aromatic carbocycles. The second-order valence-corrected chi connectivity index (χ2v) is 4.30. The highest BCUT2D eigenvalue weighted by Crippen LogP contribution is 2.22. The molecule has 104 valence electrons. The molecule has 0 spiro atoms. The fourth-order valence-electron chi connectivity index (χ4n) is 1.63. The van der Waals surface area contributed by atoms with Crippen LogP contribution in [0, 0.1) is 11.6 Å². The van der Waals surface area contributed by atoms with Crippen LogP contribution < -0.4 is 16.6 Å². The lowest BCUT2D eigenvalue weighted by Gasteiger charge is -2.10. The Hall–Kier alpha value is -2.18. The number of hydrazine groups is 1. The van der Waals surface area contributed by atoms with Crippen LogP contribution in [0.15, 0.2) is 36.4 Å². The highest BCUT2D eigenvalue weighted by Gasteiger charge is 2.15. The number of hydrogen-bond acceptors (Lipinski definition) is 3. The predicted molar refractivity (Wildman–Crippen MR) is 73.6 cm³/mol. The first kappa shape index (κ1) is 14.2. The molecular formula is C13H10ClF2N3O. The van der Waals surface area contributed by atoms with E-state index < -0.39 is 17.5 Å². The van der Waals surface area contributed by atoms with Crippen molar-refractivity contribution in [3.05, 3.63) is 58.6 Å². The third-order valence-corrected chi connectivity index (χ3v) is 2.89. The molecule has 0 aliphatic heterocycles. The summed E-state index contributed by atoms with van der Waals surface area (Å²) in [5.41, 5.74) is 2.18. The molecule has 20 heavy (non-hydrogen) atoms. The van der Waals surface area contributed by atoms with E-state index in [-0.39, 0.29) is 22.0 Å². The van der Waals surface area contributed by atoms with Crippen LogP contribution >= 0.6 is 11.6 Å². The Balaban J connectivity index is 2.28. The third kappa shape index (κ3) is 2.87. The number of nitrogens with two attached hydrogens (primary N) is 1. The van der Waals surface area contributed by atoms with Crippen LogP contribution in [0.25, 0.3) is 0 Å². The molecule has 0 unspecified atom stereocenters. The molecule has 0 radical (unpaired) electrons. The Morgan fingerprint density at radius 1 is 1.15 bits per heavy atom. The van der Waals surface area contributed by atoms with Gasteiger partial charge in [0.1, 0.15) is 11.6 Å². The summed E-state index contributed by atoms with van der Waals surface area (Å²) in [5, 5.41) is 2.37. The maximum absolute atomic E-state index is 13.5. The largest absolute Gasteiger partial charge is 0.322 e. The van der Waals surface area contributed by atoms with Crippen LogP contribution in [-0.2, 0) is 0 Å². The number of para-hydroxylation sites is 1. The Morgan fingerprint density at radius 2 is 1.90 bits per heavy atom. The minimum atomic E-state index is -0.666. The van der Waals surface area contributed by atoms with E-state index in [1.807, 2.05) is 0 Å².